The number of halogens is 4. The Morgan fingerprint density at radius 2 is 1.93 bits per heavy atom. The van der Waals surface area contributed by atoms with Gasteiger partial charge in [-0.05, 0) is 43.1 Å². The van der Waals surface area contributed by atoms with Crippen LogP contribution in [0.3, 0.4) is 0 Å². The predicted octanol–water partition coefficient (Wildman–Crippen LogP) is 4.50. The van der Waals surface area contributed by atoms with Crippen molar-refractivity contribution < 1.29 is 23.1 Å². The van der Waals surface area contributed by atoms with Crippen molar-refractivity contribution in [1.82, 2.24) is 4.90 Å². The summed E-state index contributed by atoms with van der Waals surface area (Å²) >= 11 is 5.64. The van der Waals surface area contributed by atoms with E-state index in [0.29, 0.717) is 25.1 Å². The Balaban J connectivity index is 1.88. The molecule has 0 aromatic heterocycles. The van der Waals surface area contributed by atoms with Crippen LogP contribution >= 0.6 is 11.6 Å². The third-order valence-corrected chi connectivity index (χ3v) is 5.03. The summed E-state index contributed by atoms with van der Waals surface area (Å²) in [5.74, 6) is -0.462. The molecule has 0 unspecified atom stereocenters. The van der Waals surface area contributed by atoms with Crippen LogP contribution in [0.25, 0.3) is 0 Å². The van der Waals surface area contributed by atoms with Gasteiger partial charge in [-0.1, -0.05) is 41.9 Å². The quantitative estimate of drug-likeness (QED) is 0.777. The van der Waals surface area contributed by atoms with Gasteiger partial charge in [0.05, 0.1) is 16.7 Å². The number of β-amino-alcohol motifs (C(OH)–C–C–N with tert-alkyl or cyclic N) is 1. The van der Waals surface area contributed by atoms with Crippen molar-refractivity contribution >= 4 is 23.2 Å². The molecule has 2 N–H and O–H groups in total. The molecule has 8 heteroatoms. The minimum Gasteiger partial charge on any atom is -0.392 e. The molecule has 150 valence electrons. The van der Waals surface area contributed by atoms with Crippen LogP contribution in [-0.2, 0) is 11.0 Å². The van der Waals surface area contributed by atoms with Gasteiger partial charge in [-0.25, -0.2) is 0 Å². The summed E-state index contributed by atoms with van der Waals surface area (Å²) in [6.45, 7) is 0.930. The third-order valence-electron chi connectivity index (χ3n) is 4.70. The molecular weight excluding hydrogens is 393 g/mol. The Bertz CT molecular complexity index is 830. The van der Waals surface area contributed by atoms with Crippen molar-refractivity contribution in [2.24, 2.45) is 0 Å². The maximum absolute atomic E-state index is 13.1. The van der Waals surface area contributed by atoms with Gasteiger partial charge in [0.25, 0.3) is 0 Å². The third kappa shape index (κ3) is 4.84. The average molecular weight is 413 g/mol. The number of aliphatic hydroxyl groups is 1. The Morgan fingerprint density at radius 1 is 1.21 bits per heavy atom. The summed E-state index contributed by atoms with van der Waals surface area (Å²) in [4.78, 5) is 14.9. The second-order valence-electron chi connectivity index (χ2n) is 6.79. The van der Waals surface area contributed by atoms with E-state index in [4.69, 9.17) is 11.6 Å². The topological polar surface area (TPSA) is 52.6 Å². The number of nitrogens with one attached hydrogen (secondary N) is 1. The summed E-state index contributed by atoms with van der Waals surface area (Å²) in [6, 6.07) is 11.5. The van der Waals surface area contributed by atoms with E-state index in [1.807, 2.05) is 11.0 Å². The number of carbonyl (C=O) groups is 1. The minimum atomic E-state index is -4.62. The highest BCUT2D eigenvalue weighted by Crippen LogP contribution is 2.36. The molecule has 28 heavy (non-hydrogen) atoms. The highest BCUT2D eigenvalue weighted by molar-refractivity contribution is 6.31. The van der Waals surface area contributed by atoms with Crippen LogP contribution in [0.5, 0.6) is 0 Å². The number of benzene rings is 2. The Morgan fingerprint density at radius 3 is 2.57 bits per heavy atom. The molecule has 0 spiro atoms. The van der Waals surface area contributed by atoms with E-state index >= 15 is 0 Å². The number of likely N-dealkylation sites (tertiary alicyclic amines) is 1. The minimum absolute atomic E-state index is 0.0141. The zero-order chi connectivity index (χ0) is 20.3. The lowest BCUT2D eigenvalue weighted by molar-refractivity contribution is -0.137. The summed E-state index contributed by atoms with van der Waals surface area (Å²) < 4.78 is 39.3. The lowest BCUT2D eigenvalue weighted by atomic mass is 9.99. The highest BCUT2D eigenvalue weighted by Gasteiger charge is 2.34. The Kier molecular flexibility index (Phi) is 6.27. The highest BCUT2D eigenvalue weighted by atomic mass is 35.5. The number of carbonyl (C=O) groups excluding carboxylic acids is 1. The molecule has 1 amide bonds. The number of rotatable bonds is 4. The number of piperidine rings is 1. The molecule has 4 nitrogen and oxygen atoms in total. The molecule has 0 aliphatic carbocycles. The van der Waals surface area contributed by atoms with Gasteiger partial charge < -0.3 is 10.4 Å². The van der Waals surface area contributed by atoms with Gasteiger partial charge in [0, 0.05) is 12.2 Å². The summed E-state index contributed by atoms with van der Waals surface area (Å²) in [5.41, 5.74) is -0.282. The maximum Gasteiger partial charge on any atom is 0.417 e. The molecule has 1 heterocycles. The first-order chi connectivity index (χ1) is 13.3. The molecule has 1 saturated heterocycles. The monoisotopic (exact) mass is 412 g/mol. The van der Waals surface area contributed by atoms with Crippen molar-refractivity contribution in [2.75, 3.05) is 18.4 Å². The van der Waals surface area contributed by atoms with Crippen LogP contribution in [0.15, 0.2) is 48.5 Å². The van der Waals surface area contributed by atoms with Crippen molar-refractivity contribution in [1.29, 1.82) is 0 Å². The van der Waals surface area contributed by atoms with E-state index < -0.39 is 34.8 Å². The molecule has 2 aromatic carbocycles. The van der Waals surface area contributed by atoms with Crippen molar-refractivity contribution in [2.45, 2.75) is 31.2 Å². The molecule has 1 fully saturated rings. The number of hydrogen-bond acceptors (Lipinski definition) is 3. The number of hydrogen-bond donors (Lipinski definition) is 2. The molecule has 2 aromatic rings. The van der Waals surface area contributed by atoms with Crippen molar-refractivity contribution in [3.63, 3.8) is 0 Å². The van der Waals surface area contributed by atoms with Gasteiger partial charge in [-0.3, -0.25) is 9.69 Å². The van der Waals surface area contributed by atoms with Crippen LogP contribution in [0, 0.1) is 0 Å². The van der Waals surface area contributed by atoms with Crippen LogP contribution < -0.4 is 5.32 Å². The van der Waals surface area contributed by atoms with Gasteiger partial charge in [-0.2, -0.15) is 13.2 Å². The van der Waals surface area contributed by atoms with Crippen molar-refractivity contribution in [3.8, 4) is 0 Å². The number of nitrogens with zero attached hydrogens (tertiary/aromatic N) is 1. The van der Waals surface area contributed by atoms with E-state index in [1.54, 1.807) is 24.3 Å². The normalized spacial score (nSPS) is 19.2. The van der Waals surface area contributed by atoms with E-state index in [9.17, 15) is 23.1 Å². The molecular formula is C20H20ClF3N2O2. The summed E-state index contributed by atoms with van der Waals surface area (Å²) in [7, 11) is 0. The van der Waals surface area contributed by atoms with E-state index in [-0.39, 0.29) is 5.69 Å². The van der Waals surface area contributed by atoms with Gasteiger partial charge in [0.1, 0.15) is 6.04 Å². The second kappa shape index (κ2) is 8.51. The first-order valence-electron chi connectivity index (χ1n) is 8.90. The maximum atomic E-state index is 13.1. The Labute approximate surface area is 165 Å². The molecule has 2 atom stereocenters. The van der Waals surface area contributed by atoms with Gasteiger partial charge in [-0.15, -0.1) is 0 Å². The smallest absolute Gasteiger partial charge is 0.392 e. The van der Waals surface area contributed by atoms with E-state index in [0.717, 1.165) is 18.6 Å². The summed E-state index contributed by atoms with van der Waals surface area (Å²) in [6.07, 6.45) is -3.77. The van der Waals surface area contributed by atoms with E-state index in [1.165, 1.54) is 6.07 Å². The molecule has 0 saturated carbocycles. The lowest BCUT2D eigenvalue weighted by Gasteiger charge is -2.36. The fourth-order valence-corrected chi connectivity index (χ4v) is 3.64. The standard InChI is InChI=1S/C20H20ClF3N2O2/c21-17-9-8-14(11-16(17)20(22,23)24)25-19(28)18(13-5-2-1-3-6-13)26-10-4-7-15(27)12-26/h1-3,5-6,8-9,11,15,18,27H,4,7,10,12H2,(H,25,28)/t15-,18-/m0/s1. The fraction of sp³-hybridized carbons (Fsp3) is 0.350. The second-order valence-corrected chi connectivity index (χ2v) is 7.19. The zero-order valence-electron chi connectivity index (χ0n) is 14.9. The van der Waals surface area contributed by atoms with Crippen LogP contribution in [0.4, 0.5) is 18.9 Å². The van der Waals surface area contributed by atoms with Gasteiger partial charge in [0.2, 0.25) is 5.91 Å². The SMILES string of the molecule is O=C(Nc1ccc(Cl)c(C(F)(F)F)c1)[C@H](c1ccccc1)N1CCC[C@H](O)C1. The van der Waals surface area contributed by atoms with Crippen LogP contribution in [0.2, 0.25) is 5.02 Å². The van der Waals surface area contributed by atoms with Gasteiger partial charge >= 0.3 is 6.18 Å². The van der Waals surface area contributed by atoms with Crippen molar-refractivity contribution in [3.05, 3.63) is 64.7 Å². The summed E-state index contributed by atoms with van der Waals surface area (Å²) in [5, 5.41) is 12.1. The first kappa shape index (κ1) is 20.6. The average Bonchev–Trinajstić information content (AvgIpc) is 2.63. The van der Waals surface area contributed by atoms with Crippen LogP contribution in [-0.4, -0.2) is 35.1 Å². The largest absolute Gasteiger partial charge is 0.417 e. The van der Waals surface area contributed by atoms with Crippen LogP contribution in [0.1, 0.15) is 30.0 Å². The number of aliphatic hydroxyl groups excluding tert-OH is 1. The number of amides is 1. The Hall–Kier alpha value is -2.09. The molecule has 1 aliphatic rings. The number of alkyl halides is 3. The first-order valence-corrected chi connectivity index (χ1v) is 9.28. The van der Waals surface area contributed by atoms with E-state index in [2.05, 4.69) is 5.32 Å². The molecule has 1 aliphatic heterocycles. The molecule has 0 bridgehead atoms. The molecule has 3 rings (SSSR count). The van der Waals surface area contributed by atoms with Gasteiger partial charge in [0.15, 0.2) is 0 Å². The fourth-order valence-electron chi connectivity index (χ4n) is 3.41. The lowest BCUT2D eigenvalue weighted by Crippen LogP contribution is -2.44. The predicted molar refractivity (Wildman–Crippen MR) is 101 cm³/mol. The zero-order valence-corrected chi connectivity index (χ0v) is 15.7. The number of anilines is 1. The molecule has 0 radical (unpaired) electrons.